The highest BCUT2D eigenvalue weighted by Crippen LogP contribution is 2.11. The Kier molecular flexibility index (Phi) is 3.85. The molecule has 0 aliphatic heterocycles. The van der Waals surface area contributed by atoms with E-state index >= 15 is 0 Å². The molecule has 1 aromatic heterocycles. The highest BCUT2D eigenvalue weighted by molar-refractivity contribution is 5.88. The SMILES string of the molecule is COC(=O)c1nn(C)cc1CC[C@@H](C)N. The second-order valence-electron chi connectivity index (χ2n) is 3.68. The number of nitrogens with zero attached hydrogens (tertiary/aromatic N) is 2. The van der Waals surface area contributed by atoms with Gasteiger partial charge in [-0.15, -0.1) is 0 Å². The third kappa shape index (κ3) is 3.06. The summed E-state index contributed by atoms with van der Waals surface area (Å²) >= 11 is 0. The van der Waals surface area contributed by atoms with Gasteiger partial charge in [0.25, 0.3) is 0 Å². The van der Waals surface area contributed by atoms with Crippen LogP contribution in [0, 0.1) is 0 Å². The molecular formula is C10H17N3O2. The van der Waals surface area contributed by atoms with Gasteiger partial charge in [0.15, 0.2) is 5.69 Å². The van der Waals surface area contributed by atoms with E-state index in [1.54, 1.807) is 11.7 Å². The van der Waals surface area contributed by atoms with Crippen molar-refractivity contribution in [1.29, 1.82) is 0 Å². The van der Waals surface area contributed by atoms with Crippen molar-refractivity contribution < 1.29 is 9.53 Å². The van der Waals surface area contributed by atoms with Crippen LogP contribution in [-0.2, 0) is 18.2 Å². The van der Waals surface area contributed by atoms with Gasteiger partial charge in [0.2, 0.25) is 0 Å². The van der Waals surface area contributed by atoms with Crippen LogP contribution >= 0.6 is 0 Å². The van der Waals surface area contributed by atoms with Crippen molar-refractivity contribution >= 4 is 5.97 Å². The number of aryl methyl sites for hydroxylation is 2. The summed E-state index contributed by atoms with van der Waals surface area (Å²) in [5.41, 5.74) is 6.94. The van der Waals surface area contributed by atoms with Gasteiger partial charge in [-0.2, -0.15) is 5.10 Å². The molecule has 2 N–H and O–H groups in total. The van der Waals surface area contributed by atoms with Crippen molar-refractivity contribution in [3.63, 3.8) is 0 Å². The lowest BCUT2D eigenvalue weighted by Gasteiger charge is -2.03. The summed E-state index contributed by atoms with van der Waals surface area (Å²) < 4.78 is 6.26. The zero-order valence-electron chi connectivity index (χ0n) is 9.36. The molecule has 5 nitrogen and oxygen atoms in total. The first-order valence-electron chi connectivity index (χ1n) is 4.91. The van der Waals surface area contributed by atoms with Crippen LogP contribution in [-0.4, -0.2) is 28.9 Å². The third-order valence-electron chi connectivity index (χ3n) is 2.15. The molecule has 1 rings (SSSR count). The standard InChI is InChI=1S/C10H17N3O2/c1-7(11)4-5-8-6-13(2)12-9(8)10(14)15-3/h6-7H,4-5,11H2,1-3H3/t7-/m1/s1. The number of rotatable bonds is 4. The van der Waals surface area contributed by atoms with E-state index in [2.05, 4.69) is 9.84 Å². The van der Waals surface area contributed by atoms with Crippen molar-refractivity contribution in [1.82, 2.24) is 9.78 Å². The molecular weight excluding hydrogens is 194 g/mol. The predicted molar refractivity (Wildman–Crippen MR) is 56.5 cm³/mol. The number of hydrogen-bond donors (Lipinski definition) is 1. The van der Waals surface area contributed by atoms with Crippen molar-refractivity contribution in [2.45, 2.75) is 25.8 Å². The molecule has 0 bridgehead atoms. The smallest absolute Gasteiger partial charge is 0.358 e. The summed E-state index contributed by atoms with van der Waals surface area (Å²) in [5.74, 6) is -0.393. The van der Waals surface area contributed by atoms with Crippen LogP contribution in [0.4, 0.5) is 0 Å². The summed E-state index contributed by atoms with van der Waals surface area (Å²) in [6.07, 6.45) is 3.40. The maximum absolute atomic E-state index is 11.4. The van der Waals surface area contributed by atoms with Gasteiger partial charge in [0, 0.05) is 24.8 Å². The fourth-order valence-corrected chi connectivity index (χ4v) is 1.37. The lowest BCUT2D eigenvalue weighted by molar-refractivity contribution is 0.0592. The first kappa shape index (κ1) is 11.7. The van der Waals surface area contributed by atoms with E-state index in [0.29, 0.717) is 5.69 Å². The van der Waals surface area contributed by atoms with Crippen LogP contribution in [0.1, 0.15) is 29.4 Å². The molecule has 0 unspecified atom stereocenters. The predicted octanol–water partition coefficient (Wildman–Crippen LogP) is 0.486. The van der Waals surface area contributed by atoms with Gasteiger partial charge in [-0.3, -0.25) is 4.68 Å². The van der Waals surface area contributed by atoms with E-state index in [-0.39, 0.29) is 6.04 Å². The van der Waals surface area contributed by atoms with Crippen molar-refractivity contribution in [2.24, 2.45) is 12.8 Å². The molecule has 5 heteroatoms. The van der Waals surface area contributed by atoms with Crippen molar-refractivity contribution in [3.8, 4) is 0 Å². The van der Waals surface area contributed by atoms with Gasteiger partial charge in [-0.05, 0) is 19.8 Å². The molecule has 0 radical (unpaired) electrons. The minimum Gasteiger partial charge on any atom is -0.464 e. The number of esters is 1. The highest BCUT2D eigenvalue weighted by Gasteiger charge is 2.16. The molecule has 15 heavy (non-hydrogen) atoms. The van der Waals surface area contributed by atoms with Gasteiger partial charge in [-0.1, -0.05) is 0 Å². The van der Waals surface area contributed by atoms with E-state index in [4.69, 9.17) is 5.73 Å². The minimum absolute atomic E-state index is 0.121. The summed E-state index contributed by atoms with van der Waals surface area (Å²) in [5, 5.41) is 4.06. The summed E-state index contributed by atoms with van der Waals surface area (Å²) in [4.78, 5) is 11.4. The molecule has 0 aromatic carbocycles. The fourth-order valence-electron chi connectivity index (χ4n) is 1.37. The van der Waals surface area contributed by atoms with Crippen LogP contribution in [0.5, 0.6) is 0 Å². The van der Waals surface area contributed by atoms with E-state index in [9.17, 15) is 4.79 Å². The summed E-state index contributed by atoms with van der Waals surface area (Å²) in [6.45, 7) is 1.94. The molecule has 0 spiro atoms. The van der Waals surface area contributed by atoms with Gasteiger partial charge in [0.1, 0.15) is 0 Å². The second-order valence-corrected chi connectivity index (χ2v) is 3.68. The van der Waals surface area contributed by atoms with E-state index in [1.165, 1.54) is 7.11 Å². The molecule has 0 fully saturated rings. The Morgan fingerprint density at radius 2 is 2.40 bits per heavy atom. The maximum Gasteiger partial charge on any atom is 0.358 e. The number of carbonyl (C=O) groups excluding carboxylic acids is 1. The topological polar surface area (TPSA) is 70.1 Å². The Morgan fingerprint density at radius 3 is 2.93 bits per heavy atom. The number of hydrogen-bond acceptors (Lipinski definition) is 4. The Labute approximate surface area is 89.2 Å². The molecule has 0 aliphatic carbocycles. The van der Waals surface area contributed by atoms with Crippen LogP contribution in [0.15, 0.2) is 6.20 Å². The molecule has 1 heterocycles. The Hall–Kier alpha value is -1.36. The first-order valence-corrected chi connectivity index (χ1v) is 4.91. The third-order valence-corrected chi connectivity index (χ3v) is 2.15. The molecule has 84 valence electrons. The number of aromatic nitrogens is 2. The highest BCUT2D eigenvalue weighted by atomic mass is 16.5. The average Bonchev–Trinajstić information content (AvgIpc) is 2.55. The monoisotopic (exact) mass is 211 g/mol. The Bertz CT molecular complexity index is 344. The number of ether oxygens (including phenoxy) is 1. The quantitative estimate of drug-likeness (QED) is 0.736. The Morgan fingerprint density at radius 1 is 1.73 bits per heavy atom. The van der Waals surface area contributed by atoms with E-state index in [0.717, 1.165) is 18.4 Å². The van der Waals surface area contributed by atoms with Gasteiger partial charge in [0.05, 0.1) is 7.11 Å². The normalized spacial score (nSPS) is 12.5. The van der Waals surface area contributed by atoms with Gasteiger partial charge >= 0.3 is 5.97 Å². The van der Waals surface area contributed by atoms with Crippen molar-refractivity contribution in [3.05, 3.63) is 17.5 Å². The molecule has 0 saturated carbocycles. The molecule has 0 aliphatic rings. The number of nitrogens with two attached hydrogens (primary N) is 1. The molecule has 1 atom stereocenters. The maximum atomic E-state index is 11.4. The van der Waals surface area contributed by atoms with Crippen molar-refractivity contribution in [2.75, 3.05) is 7.11 Å². The first-order chi connectivity index (χ1) is 7.04. The van der Waals surface area contributed by atoms with Gasteiger partial charge < -0.3 is 10.5 Å². The van der Waals surface area contributed by atoms with Crippen LogP contribution < -0.4 is 5.73 Å². The summed E-state index contributed by atoms with van der Waals surface area (Å²) in [7, 11) is 3.13. The Balaban J connectivity index is 2.81. The summed E-state index contributed by atoms with van der Waals surface area (Å²) in [6, 6.07) is 0.121. The molecule has 0 amide bonds. The zero-order valence-corrected chi connectivity index (χ0v) is 9.36. The van der Waals surface area contributed by atoms with E-state index in [1.807, 2.05) is 13.1 Å². The largest absolute Gasteiger partial charge is 0.464 e. The van der Waals surface area contributed by atoms with E-state index < -0.39 is 5.97 Å². The average molecular weight is 211 g/mol. The van der Waals surface area contributed by atoms with Gasteiger partial charge in [-0.25, -0.2) is 4.79 Å². The second kappa shape index (κ2) is 4.93. The lowest BCUT2D eigenvalue weighted by Crippen LogP contribution is -2.16. The lowest BCUT2D eigenvalue weighted by atomic mass is 10.1. The van der Waals surface area contributed by atoms with Crippen LogP contribution in [0.2, 0.25) is 0 Å². The minimum atomic E-state index is -0.393. The zero-order chi connectivity index (χ0) is 11.4. The number of methoxy groups -OCH3 is 1. The molecule has 1 aromatic rings. The van der Waals surface area contributed by atoms with Crippen LogP contribution in [0.3, 0.4) is 0 Å². The molecule has 0 saturated heterocycles. The number of carbonyl (C=O) groups is 1. The fraction of sp³-hybridized carbons (Fsp3) is 0.600. The van der Waals surface area contributed by atoms with Crippen LogP contribution in [0.25, 0.3) is 0 Å².